The van der Waals surface area contributed by atoms with Gasteiger partial charge in [0, 0.05) is 32.0 Å². The molecule has 1 amide bonds. The second-order valence-corrected chi connectivity index (χ2v) is 6.23. The van der Waals surface area contributed by atoms with Crippen LogP contribution in [-0.2, 0) is 0 Å². The van der Waals surface area contributed by atoms with E-state index in [1.165, 1.54) is 38.8 Å². The van der Waals surface area contributed by atoms with Crippen molar-refractivity contribution in [1.29, 1.82) is 0 Å². The van der Waals surface area contributed by atoms with Gasteiger partial charge in [-0.1, -0.05) is 18.9 Å². The average molecular weight is 314 g/mol. The zero-order valence-electron chi connectivity index (χ0n) is 13.9. The summed E-state index contributed by atoms with van der Waals surface area (Å²) < 4.78 is 1.90. The van der Waals surface area contributed by atoms with E-state index in [1.807, 2.05) is 46.8 Å². The van der Waals surface area contributed by atoms with Gasteiger partial charge in [0.15, 0.2) is 0 Å². The topological polar surface area (TPSA) is 40.9 Å². The highest BCUT2D eigenvalue weighted by Gasteiger charge is 2.18. The number of hydrogen-bond donors (Lipinski definition) is 0. The summed E-state index contributed by atoms with van der Waals surface area (Å²) in [7, 11) is 0. The van der Waals surface area contributed by atoms with Crippen LogP contribution in [-0.4, -0.2) is 57.8 Å². The fourth-order valence-corrected chi connectivity index (χ4v) is 3.22. The van der Waals surface area contributed by atoms with E-state index in [1.54, 1.807) is 0 Å². The lowest BCUT2D eigenvalue weighted by atomic mass is 10.2. The van der Waals surface area contributed by atoms with E-state index in [0.29, 0.717) is 5.69 Å². The fraction of sp³-hybridized carbons (Fsp3) is 0.556. The number of aromatic nitrogens is 2. The number of rotatable bonds is 5. The van der Waals surface area contributed by atoms with Gasteiger partial charge in [0.25, 0.3) is 5.91 Å². The first kappa shape index (κ1) is 16.0. The van der Waals surface area contributed by atoms with Crippen molar-refractivity contribution in [2.24, 2.45) is 0 Å². The number of likely N-dealkylation sites (N-methyl/N-ethyl adjacent to an activating group) is 1. The minimum Gasteiger partial charge on any atom is -0.336 e. The molecular formula is C18H26N4O. The van der Waals surface area contributed by atoms with E-state index >= 15 is 0 Å². The molecule has 2 aromatic rings. The number of hydrogen-bond acceptors (Lipinski definition) is 3. The molecule has 23 heavy (non-hydrogen) atoms. The number of fused-ring (bicyclic) bond motifs is 1. The average Bonchev–Trinajstić information content (AvgIpc) is 2.84. The minimum atomic E-state index is 0.0334. The highest BCUT2D eigenvalue weighted by Crippen LogP contribution is 2.11. The Balaban J connectivity index is 1.63. The zero-order valence-corrected chi connectivity index (χ0v) is 13.9. The van der Waals surface area contributed by atoms with Crippen LogP contribution < -0.4 is 0 Å². The van der Waals surface area contributed by atoms with E-state index in [9.17, 15) is 4.79 Å². The Bertz CT molecular complexity index is 610. The Morgan fingerprint density at radius 2 is 2.00 bits per heavy atom. The van der Waals surface area contributed by atoms with Gasteiger partial charge in [0.1, 0.15) is 11.3 Å². The molecule has 1 saturated heterocycles. The SMILES string of the molecule is CCN(CCN1CCCCCC1)C(=O)c1cn2ccccc2n1. The molecular weight excluding hydrogens is 288 g/mol. The van der Waals surface area contributed by atoms with Crippen LogP contribution in [0.2, 0.25) is 0 Å². The molecule has 124 valence electrons. The summed E-state index contributed by atoms with van der Waals surface area (Å²) in [5.41, 5.74) is 1.35. The van der Waals surface area contributed by atoms with Gasteiger partial charge in [-0.2, -0.15) is 0 Å². The van der Waals surface area contributed by atoms with Crippen LogP contribution in [0.25, 0.3) is 5.65 Å². The molecule has 5 heteroatoms. The molecule has 1 aliphatic rings. The van der Waals surface area contributed by atoms with Crippen LogP contribution in [0.15, 0.2) is 30.6 Å². The zero-order chi connectivity index (χ0) is 16.1. The minimum absolute atomic E-state index is 0.0334. The van der Waals surface area contributed by atoms with Crippen molar-refractivity contribution < 1.29 is 4.79 Å². The van der Waals surface area contributed by atoms with Crippen molar-refractivity contribution in [3.8, 4) is 0 Å². The molecule has 1 aliphatic heterocycles. The first-order valence-electron chi connectivity index (χ1n) is 8.73. The van der Waals surface area contributed by atoms with Crippen molar-refractivity contribution >= 4 is 11.6 Å². The van der Waals surface area contributed by atoms with Gasteiger partial charge in [-0.3, -0.25) is 4.79 Å². The van der Waals surface area contributed by atoms with Crippen LogP contribution in [0.1, 0.15) is 43.1 Å². The van der Waals surface area contributed by atoms with Crippen LogP contribution in [0.5, 0.6) is 0 Å². The predicted octanol–water partition coefficient (Wildman–Crippen LogP) is 2.67. The third kappa shape index (κ3) is 3.91. The summed E-state index contributed by atoms with van der Waals surface area (Å²) in [6.07, 6.45) is 9.00. The van der Waals surface area contributed by atoms with Gasteiger partial charge < -0.3 is 14.2 Å². The molecule has 0 unspecified atom stereocenters. The highest BCUT2D eigenvalue weighted by atomic mass is 16.2. The van der Waals surface area contributed by atoms with Crippen LogP contribution in [0, 0.1) is 0 Å². The lowest BCUT2D eigenvalue weighted by Crippen LogP contribution is -2.39. The monoisotopic (exact) mass is 314 g/mol. The molecule has 0 radical (unpaired) electrons. The Morgan fingerprint density at radius 3 is 2.70 bits per heavy atom. The number of carbonyl (C=O) groups is 1. The second-order valence-electron chi connectivity index (χ2n) is 6.23. The molecule has 0 N–H and O–H groups in total. The summed E-state index contributed by atoms with van der Waals surface area (Å²) >= 11 is 0. The third-order valence-electron chi connectivity index (χ3n) is 4.64. The standard InChI is InChI=1S/C18H26N4O/c1-2-21(14-13-20-10-6-3-4-7-11-20)18(23)16-15-22-12-8-5-9-17(22)19-16/h5,8-9,12,15H,2-4,6-7,10-11,13-14H2,1H3. The van der Waals surface area contributed by atoms with E-state index < -0.39 is 0 Å². The van der Waals surface area contributed by atoms with Crippen molar-refractivity contribution in [3.63, 3.8) is 0 Å². The third-order valence-corrected chi connectivity index (χ3v) is 4.64. The smallest absolute Gasteiger partial charge is 0.274 e. The lowest BCUT2D eigenvalue weighted by Gasteiger charge is -2.25. The first-order chi connectivity index (χ1) is 11.3. The molecule has 2 aromatic heterocycles. The molecule has 0 saturated carbocycles. The summed E-state index contributed by atoms with van der Waals surface area (Å²) in [5.74, 6) is 0.0334. The Kier molecular flexibility index (Phi) is 5.28. The molecule has 1 fully saturated rings. The first-order valence-corrected chi connectivity index (χ1v) is 8.73. The van der Waals surface area contributed by atoms with Gasteiger partial charge >= 0.3 is 0 Å². The Labute approximate surface area is 137 Å². The molecule has 0 spiro atoms. The number of imidazole rings is 1. The van der Waals surface area contributed by atoms with Gasteiger partial charge in [-0.15, -0.1) is 0 Å². The summed E-state index contributed by atoms with van der Waals surface area (Å²) in [5, 5.41) is 0. The maximum atomic E-state index is 12.7. The van der Waals surface area contributed by atoms with E-state index in [4.69, 9.17) is 0 Å². The maximum absolute atomic E-state index is 12.7. The second kappa shape index (κ2) is 7.59. The number of likely N-dealkylation sites (tertiary alicyclic amines) is 1. The summed E-state index contributed by atoms with van der Waals surface area (Å²) in [4.78, 5) is 21.6. The molecule has 0 aliphatic carbocycles. The highest BCUT2D eigenvalue weighted by molar-refractivity contribution is 5.92. The number of carbonyl (C=O) groups excluding carboxylic acids is 1. The molecule has 3 rings (SSSR count). The van der Waals surface area contributed by atoms with Crippen LogP contribution >= 0.6 is 0 Å². The van der Waals surface area contributed by atoms with Crippen molar-refractivity contribution in [1.82, 2.24) is 19.2 Å². The quantitative estimate of drug-likeness (QED) is 0.852. The Morgan fingerprint density at radius 1 is 1.22 bits per heavy atom. The summed E-state index contributed by atoms with van der Waals surface area (Å²) in [6.45, 7) is 6.84. The van der Waals surface area contributed by atoms with E-state index in [-0.39, 0.29) is 5.91 Å². The van der Waals surface area contributed by atoms with Gasteiger partial charge in [-0.05, 0) is 45.0 Å². The molecule has 3 heterocycles. The predicted molar refractivity (Wildman–Crippen MR) is 91.7 cm³/mol. The molecule has 0 aromatic carbocycles. The normalized spacial score (nSPS) is 16.4. The fourth-order valence-electron chi connectivity index (χ4n) is 3.22. The molecule has 0 bridgehead atoms. The molecule has 5 nitrogen and oxygen atoms in total. The largest absolute Gasteiger partial charge is 0.336 e. The van der Waals surface area contributed by atoms with Crippen molar-refractivity contribution in [2.45, 2.75) is 32.6 Å². The summed E-state index contributed by atoms with van der Waals surface area (Å²) in [6, 6.07) is 5.80. The van der Waals surface area contributed by atoms with E-state index in [2.05, 4.69) is 9.88 Å². The number of amides is 1. The van der Waals surface area contributed by atoms with Gasteiger partial charge in [0.2, 0.25) is 0 Å². The lowest BCUT2D eigenvalue weighted by molar-refractivity contribution is 0.0740. The van der Waals surface area contributed by atoms with E-state index in [0.717, 1.165) is 25.3 Å². The molecule has 0 atom stereocenters. The number of nitrogens with zero attached hydrogens (tertiary/aromatic N) is 4. The van der Waals surface area contributed by atoms with Crippen molar-refractivity contribution in [3.05, 3.63) is 36.3 Å². The maximum Gasteiger partial charge on any atom is 0.274 e. The van der Waals surface area contributed by atoms with Crippen LogP contribution in [0.4, 0.5) is 0 Å². The van der Waals surface area contributed by atoms with Gasteiger partial charge in [-0.25, -0.2) is 4.98 Å². The number of pyridine rings is 1. The Hall–Kier alpha value is -1.88. The van der Waals surface area contributed by atoms with Gasteiger partial charge in [0.05, 0.1) is 0 Å². The van der Waals surface area contributed by atoms with Crippen molar-refractivity contribution in [2.75, 3.05) is 32.7 Å². The van der Waals surface area contributed by atoms with Crippen LogP contribution in [0.3, 0.4) is 0 Å².